The summed E-state index contributed by atoms with van der Waals surface area (Å²) in [7, 11) is 0. The quantitative estimate of drug-likeness (QED) is 0.739. The number of hydrogen-bond donors (Lipinski definition) is 0. The molecule has 1 aliphatic rings. The fraction of sp³-hybridized carbons (Fsp3) is 0.389. The third-order valence-electron chi connectivity index (χ3n) is 4.39. The molecule has 1 fully saturated rings. The molecule has 6 nitrogen and oxygen atoms in total. The molecule has 0 radical (unpaired) electrons. The second-order valence-corrected chi connectivity index (χ2v) is 6.50. The van der Waals surface area contributed by atoms with Crippen LogP contribution in [0, 0.1) is 0 Å². The van der Waals surface area contributed by atoms with E-state index in [0.29, 0.717) is 5.92 Å². The Labute approximate surface area is 141 Å². The Morgan fingerprint density at radius 2 is 2.04 bits per heavy atom. The molecule has 1 aromatic carbocycles. The molecule has 4 rings (SSSR count). The lowest BCUT2D eigenvalue weighted by molar-refractivity contribution is 0.225. The Balaban J connectivity index is 1.58. The summed E-state index contributed by atoms with van der Waals surface area (Å²) in [6.07, 6.45) is 2.85. The summed E-state index contributed by atoms with van der Waals surface area (Å²) in [4.78, 5) is 2.32. The van der Waals surface area contributed by atoms with Gasteiger partial charge in [-0.2, -0.15) is 9.61 Å². The molecule has 3 heterocycles. The van der Waals surface area contributed by atoms with Crippen molar-refractivity contribution in [1.82, 2.24) is 19.8 Å². The summed E-state index contributed by atoms with van der Waals surface area (Å²) in [5.41, 5.74) is 2.94. The standard InChI is InChI=1S/C18H21N5O/c1-13(2)16-10-17(18-20-19-12-23(18)21-16)22-9-8-15(11-22)24-14-6-4-3-5-7-14/h3-7,10,12-13,15H,8-9,11H2,1-2H3/t15-/m1/s1. The minimum Gasteiger partial charge on any atom is -0.489 e. The minimum absolute atomic E-state index is 0.186. The molecule has 24 heavy (non-hydrogen) atoms. The summed E-state index contributed by atoms with van der Waals surface area (Å²) in [5.74, 6) is 1.28. The van der Waals surface area contributed by atoms with Gasteiger partial charge in [0.2, 0.25) is 5.65 Å². The number of rotatable bonds is 4. The third kappa shape index (κ3) is 2.79. The lowest BCUT2D eigenvalue weighted by atomic mass is 10.1. The largest absolute Gasteiger partial charge is 0.489 e. The van der Waals surface area contributed by atoms with Crippen LogP contribution >= 0.6 is 0 Å². The molecule has 0 unspecified atom stereocenters. The monoisotopic (exact) mass is 323 g/mol. The average Bonchev–Trinajstić information content (AvgIpc) is 3.23. The zero-order chi connectivity index (χ0) is 16.5. The predicted molar refractivity (Wildman–Crippen MR) is 92.6 cm³/mol. The van der Waals surface area contributed by atoms with E-state index in [1.54, 1.807) is 10.8 Å². The molecular weight excluding hydrogens is 302 g/mol. The first-order valence-corrected chi connectivity index (χ1v) is 8.38. The molecule has 0 spiro atoms. The number of hydrogen-bond acceptors (Lipinski definition) is 5. The molecule has 0 saturated carbocycles. The molecule has 0 N–H and O–H groups in total. The third-order valence-corrected chi connectivity index (χ3v) is 4.39. The number of aromatic nitrogens is 4. The Morgan fingerprint density at radius 1 is 1.21 bits per heavy atom. The van der Waals surface area contributed by atoms with Gasteiger partial charge in [0.05, 0.1) is 17.9 Å². The number of ether oxygens (including phenoxy) is 1. The molecule has 124 valence electrons. The van der Waals surface area contributed by atoms with Gasteiger partial charge in [0.15, 0.2) is 0 Å². The first-order valence-electron chi connectivity index (χ1n) is 8.38. The first kappa shape index (κ1) is 14.9. The zero-order valence-corrected chi connectivity index (χ0v) is 14.0. The van der Waals surface area contributed by atoms with Gasteiger partial charge < -0.3 is 9.64 Å². The van der Waals surface area contributed by atoms with E-state index in [1.165, 1.54) is 0 Å². The highest BCUT2D eigenvalue weighted by atomic mass is 16.5. The second kappa shape index (κ2) is 6.11. The number of para-hydroxylation sites is 1. The highest BCUT2D eigenvalue weighted by Crippen LogP contribution is 2.28. The van der Waals surface area contributed by atoms with Gasteiger partial charge >= 0.3 is 0 Å². The van der Waals surface area contributed by atoms with Crippen molar-refractivity contribution in [1.29, 1.82) is 0 Å². The second-order valence-electron chi connectivity index (χ2n) is 6.50. The SMILES string of the molecule is CC(C)c1cc(N2CC[C@@H](Oc3ccccc3)C2)c2nncn2n1. The van der Waals surface area contributed by atoms with Crippen LogP contribution in [0.4, 0.5) is 5.69 Å². The van der Waals surface area contributed by atoms with Gasteiger partial charge in [-0.25, -0.2) is 0 Å². The lowest BCUT2D eigenvalue weighted by Crippen LogP contribution is -2.25. The van der Waals surface area contributed by atoms with Crippen molar-refractivity contribution in [3.05, 3.63) is 48.4 Å². The van der Waals surface area contributed by atoms with E-state index in [0.717, 1.165) is 42.3 Å². The highest BCUT2D eigenvalue weighted by Gasteiger charge is 2.27. The van der Waals surface area contributed by atoms with E-state index < -0.39 is 0 Å². The van der Waals surface area contributed by atoms with E-state index in [1.807, 2.05) is 30.3 Å². The van der Waals surface area contributed by atoms with Crippen molar-refractivity contribution in [2.24, 2.45) is 0 Å². The molecule has 1 saturated heterocycles. The minimum atomic E-state index is 0.186. The maximum absolute atomic E-state index is 6.10. The van der Waals surface area contributed by atoms with Crippen molar-refractivity contribution in [3.63, 3.8) is 0 Å². The van der Waals surface area contributed by atoms with Gasteiger partial charge in [0, 0.05) is 13.0 Å². The van der Waals surface area contributed by atoms with Crippen LogP contribution in [0.25, 0.3) is 5.65 Å². The van der Waals surface area contributed by atoms with Crippen LogP contribution < -0.4 is 9.64 Å². The maximum atomic E-state index is 6.10. The van der Waals surface area contributed by atoms with Crippen LogP contribution in [-0.4, -0.2) is 39.0 Å². The Kier molecular flexibility index (Phi) is 3.80. The average molecular weight is 323 g/mol. The van der Waals surface area contributed by atoms with E-state index in [-0.39, 0.29) is 6.10 Å². The molecular formula is C18H21N5O. The van der Waals surface area contributed by atoms with Crippen molar-refractivity contribution in [2.45, 2.75) is 32.3 Å². The van der Waals surface area contributed by atoms with Crippen LogP contribution in [-0.2, 0) is 0 Å². The van der Waals surface area contributed by atoms with Gasteiger partial charge in [-0.3, -0.25) is 0 Å². The maximum Gasteiger partial charge on any atom is 0.200 e. The van der Waals surface area contributed by atoms with Gasteiger partial charge in [0.1, 0.15) is 18.2 Å². The van der Waals surface area contributed by atoms with Crippen molar-refractivity contribution < 1.29 is 4.74 Å². The molecule has 2 aromatic heterocycles. The first-order chi connectivity index (χ1) is 11.7. The number of nitrogens with zero attached hydrogens (tertiary/aromatic N) is 5. The summed E-state index contributed by atoms with van der Waals surface area (Å²) in [5, 5.41) is 12.8. The fourth-order valence-electron chi connectivity index (χ4n) is 3.08. The highest BCUT2D eigenvalue weighted by molar-refractivity contribution is 5.69. The number of benzene rings is 1. The van der Waals surface area contributed by atoms with Crippen LogP contribution in [0.15, 0.2) is 42.7 Å². The lowest BCUT2D eigenvalue weighted by Gasteiger charge is -2.20. The van der Waals surface area contributed by atoms with Crippen molar-refractivity contribution in [2.75, 3.05) is 18.0 Å². The summed E-state index contributed by atoms with van der Waals surface area (Å²) in [6.45, 7) is 6.09. The van der Waals surface area contributed by atoms with Crippen LogP contribution in [0.3, 0.4) is 0 Å². The Bertz CT molecular complexity index is 830. The summed E-state index contributed by atoms with van der Waals surface area (Å²) >= 11 is 0. The molecule has 0 amide bonds. The molecule has 0 bridgehead atoms. The van der Waals surface area contributed by atoms with Gasteiger partial charge in [-0.05, 0) is 24.1 Å². The number of fused-ring (bicyclic) bond motifs is 1. The smallest absolute Gasteiger partial charge is 0.200 e. The van der Waals surface area contributed by atoms with E-state index >= 15 is 0 Å². The topological polar surface area (TPSA) is 55.5 Å². The zero-order valence-electron chi connectivity index (χ0n) is 14.0. The van der Waals surface area contributed by atoms with Crippen LogP contribution in [0.5, 0.6) is 5.75 Å². The predicted octanol–water partition coefficient (Wildman–Crippen LogP) is 2.91. The molecule has 0 aliphatic carbocycles. The normalized spacial score (nSPS) is 17.8. The summed E-state index contributed by atoms with van der Waals surface area (Å²) in [6, 6.07) is 12.1. The van der Waals surface area contributed by atoms with E-state index in [2.05, 4.69) is 40.1 Å². The van der Waals surface area contributed by atoms with Gasteiger partial charge in [-0.15, -0.1) is 10.2 Å². The fourth-order valence-corrected chi connectivity index (χ4v) is 3.08. The molecule has 6 heteroatoms. The van der Waals surface area contributed by atoms with Gasteiger partial charge in [0.25, 0.3) is 0 Å². The van der Waals surface area contributed by atoms with E-state index in [9.17, 15) is 0 Å². The van der Waals surface area contributed by atoms with Crippen LogP contribution in [0.2, 0.25) is 0 Å². The summed E-state index contributed by atoms with van der Waals surface area (Å²) < 4.78 is 7.87. The number of anilines is 1. The van der Waals surface area contributed by atoms with Crippen LogP contribution in [0.1, 0.15) is 31.9 Å². The van der Waals surface area contributed by atoms with Crippen molar-refractivity contribution >= 4 is 11.3 Å². The van der Waals surface area contributed by atoms with Crippen molar-refractivity contribution in [3.8, 4) is 5.75 Å². The Morgan fingerprint density at radius 3 is 2.83 bits per heavy atom. The van der Waals surface area contributed by atoms with Gasteiger partial charge in [-0.1, -0.05) is 32.0 Å². The molecule has 1 aliphatic heterocycles. The molecule has 1 atom stereocenters. The van der Waals surface area contributed by atoms with E-state index in [4.69, 9.17) is 4.74 Å². The Hall–Kier alpha value is -2.63. The molecule has 3 aromatic rings.